The van der Waals surface area contributed by atoms with Gasteiger partial charge in [0.1, 0.15) is 0 Å². The van der Waals surface area contributed by atoms with Crippen LogP contribution in [0, 0.1) is 5.92 Å². The molecule has 1 unspecified atom stereocenters. The molecule has 0 radical (unpaired) electrons. The zero-order valence-corrected chi connectivity index (χ0v) is 13.3. The number of allylic oxidation sites excluding steroid dienone is 1. The van der Waals surface area contributed by atoms with Crippen molar-refractivity contribution in [3.05, 3.63) is 41.9 Å². The summed E-state index contributed by atoms with van der Waals surface area (Å²) in [4.78, 5) is 38.9. The van der Waals surface area contributed by atoms with E-state index < -0.39 is 5.92 Å². The molecule has 0 aromatic carbocycles. The topological polar surface area (TPSA) is 79.8 Å². The van der Waals surface area contributed by atoms with Gasteiger partial charge < -0.3 is 0 Å². The van der Waals surface area contributed by atoms with Crippen molar-refractivity contribution in [1.82, 2.24) is 14.8 Å². The summed E-state index contributed by atoms with van der Waals surface area (Å²) in [5, 5.41) is 0. The minimum atomic E-state index is -0.575. The second-order valence-electron chi connectivity index (χ2n) is 5.59. The Morgan fingerprint density at radius 2 is 1.91 bits per heavy atom. The molecule has 118 valence electrons. The molecule has 7 heteroatoms. The summed E-state index contributed by atoms with van der Waals surface area (Å²) in [7, 11) is 3.14. The number of nitrogens with zero attached hydrogens (tertiary/aromatic N) is 4. The van der Waals surface area contributed by atoms with E-state index >= 15 is 0 Å². The zero-order chi connectivity index (χ0) is 16.6. The molecule has 1 saturated heterocycles. The summed E-state index contributed by atoms with van der Waals surface area (Å²) >= 11 is 0. The van der Waals surface area contributed by atoms with Crippen LogP contribution in [0.2, 0.25) is 0 Å². The summed E-state index contributed by atoms with van der Waals surface area (Å²) in [6, 6.07) is 3.42. The van der Waals surface area contributed by atoms with Gasteiger partial charge in [0.2, 0.25) is 0 Å². The fraction of sp³-hybridized carbons (Fsp3) is 0.312. The first kappa shape index (κ1) is 15.1. The van der Waals surface area contributed by atoms with Crippen LogP contribution in [0.3, 0.4) is 0 Å². The van der Waals surface area contributed by atoms with E-state index in [1.807, 2.05) is 19.1 Å². The van der Waals surface area contributed by atoms with Gasteiger partial charge in [-0.05, 0) is 24.6 Å². The van der Waals surface area contributed by atoms with Crippen molar-refractivity contribution in [1.29, 1.82) is 0 Å². The molecule has 7 nitrogen and oxygen atoms in total. The Kier molecular flexibility index (Phi) is 3.77. The summed E-state index contributed by atoms with van der Waals surface area (Å²) in [5.74, 6) is -0.289. The van der Waals surface area contributed by atoms with Crippen molar-refractivity contribution in [3.63, 3.8) is 0 Å². The number of hydrogen-bond donors (Lipinski definition) is 1. The van der Waals surface area contributed by atoms with Gasteiger partial charge in [-0.3, -0.25) is 14.8 Å². The van der Waals surface area contributed by atoms with Crippen LogP contribution >= 0.6 is 0 Å². The van der Waals surface area contributed by atoms with E-state index in [1.165, 1.54) is 11.9 Å². The Balaban J connectivity index is 1.97. The molecule has 1 atom stereocenters. The maximum absolute atomic E-state index is 12.6. The van der Waals surface area contributed by atoms with Crippen LogP contribution in [0.4, 0.5) is 4.79 Å². The Morgan fingerprint density at radius 1 is 1.22 bits per heavy atom. The van der Waals surface area contributed by atoms with Gasteiger partial charge in [-0.15, -0.1) is 0 Å². The molecule has 0 spiro atoms. The predicted octanol–water partition coefficient (Wildman–Crippen LogP) is -0.441. The van der Waals surface area contributed by atoms with Gasteiger partial charge >= 0.3 is 6.03 Å². The lowest BCUT2D eigenvalue weighted by atomic mass is 9.91. The van der Waals surface area contributed by atoms with E-state index in [9.17, 15) is 9.59 Å². The van der Waals surface area contributed by atoms with Gasteiger partial charge in [0.15, 0.2) is 5.92 Å². The van der Waals surface area contributed by atoms with Crippen molar-refractivity contribution in [3.8, 4) is 0 Å². The van der Waals surface area contributed by atoms with Crippen molar-refractivity contribution >= 4 is 23.5 Å². The fourth-order valence-electron chi connectivity index (χ4n) is 2.72. The lowest BCUT2D eigenvalue weighted by Crippen LogP contribution is -2.80. The van der Waals surface area contributed by atoms with Crippen molar-refractivity contribution in [2.75, 3.05) is 14.1 Å². The number of aromatic nitrogens is 1. The first-order valence-corrected chi connectivity index (χ1v) is 7.29. The number of carbonyl (C=O) groups excluding carboxylic acids is 2. The molecule has 1 aromatic rings. The maximum Gasteiger partial charge on any atom is 0.417 e. The zero-order valence-electron chi connectivity index (χ0n) is 13.3. The number of rotatable bonds is 2. The normalized spacial score (nSPS) is 22.9. The molecule has 0 aliphatic carbocycles. The fourth-order valence-corrected chi connectivity index (χ4v) is 2.72. The first-order chi connectivity index (χ1) is 11.0. The van der Waals surface area contributed by atoms with Gasteiger partial charge in [0, 0.05) is 25.0 Å². The number of imide groups is 1. The highest BCUT2D eigenvalue weighted by Crippen LogP contribution is 2.21. The first-order valence-electron chi connectivity index (χ1n) is 7.29. The van der Waals surface area contributed by atoms with Crippen molar-refractivity contribution in [2.24, 2.45) is 10.9 Å². The summed E-state index contributed by atoms with van der Waals surface area (Å²) < 4.78 is 0. The summed E-state index contributed by atoms with van der Waals surface area (Å²) in [6.45, 7) is 2.36. The molecular weight excluding hydrogens is 294 g/mol. The summed E-state index contributed by atoms with van der Waals surface area (Å²) in [6.07, 6.45) is 5.20. The molecule has 1 fully saturated rings. The SMILES string of the molecule is CC1=C[NH+]=C2C(C(=O)N(C)C(=O)N2C)C1=NCc1ccncc1. The lowest BCUT2D eigenvalue weighted by Gasteiger charge is -2.32. The number of carbonyl (C=O) groups is 2. The third-order valence-electron chi connectivity index (χ3n) is 4.08. The minimum Gasteiger partial charge on any atom is -0.283 e. The quantitative estimate of drug-likeness (QED) is 0.804. The van der Waals surface area contributed by atoms with Crippen LogP contribution in [0.5, 0.6) is 0 Å². The Bertz CT molecular complexity index is 751. The lowest BCUT2D eigenvalue weighted by molar-refractivity contribution is -0.383. The van der Waals surface area contributed by atoms with Crippen molar-refractivity contribution in [2.45, 2.75) is 13.5 Å². The number of nitrogens with one attached hydrogen (secondary N) is 1. The van der Waals surface area contributed by atoms with Gasteiger partial charge in [-0.25, -0.2) is 14.7 Å². The smallest absolute Gasteiger partial charge is 0.283 e. The number of hydrogen-bond acceptors (Lipinski definition) is 4. The second-order valence-corrected chi connectivity index (χ2v) is 5.59. The van der Waals surface area contributed by atoms with Gasteiger partial charge in [0.05, 0.1) is 25.5 Å². The Hall–Kier alpha value is -2.83. The van der Waals surface area contributed by atoms with Crippen LogP contribution in [0.1, 0.15) is 12.5 Å². The van der Waals surface area contributed by atoms with Crippen LogP contribution < -0.4 is 4.99 Å². The minimum absolute atomic E-state index is 0.267. The monoisotopic (exact) mass is 312 g/mol. The average molecular weight is 312 g/mol. The Labute approximate surface area is 134 Å². The summed E-state index contributed by atoms with van der Waals surface area (Å²) in [5.41, 5.74) is 2.59. The van der Waals surface area contributed by atoms with Crippen LogP contribution in [-0.2, 0) is 11.3 Å². The predicted molar refractivity (Wildman–Crippen MR) is 84.5 cm³/mol. The van der Waals surface area contributed by atoms with E-state index in [-0.39, 0.29) is 11.9 Å². The highest BCUT2D eigenvalue weighted by atomic mass is 16.2. The molecule has 23 heavy (non-hydrogen) atoms. The number of amides is 3. The third kappa shape index (κ3) is 2.54. The molecular formula is C16H18N5O2+. The van der Waals surface area contributed by atoms with Crippen molar-refractivity contribution < 1.29 is 14.6 Å². The van der Waals surface area contributed by atoms with Crippen LogP contribution in [0.15, 0.2) is 41.3 Å². The molecule has 1 aromatic heterocycles. The number of amidine groups is 1. The molecule has 3 amide bonds. The average Bonchev–Trinajstić information content (AvgIpc) is 2.57. The maximum atomic E-state index is 12.6. The number of pyridine rings is 1. The third-order valence-corrected chi connectivity index (χ3v) is 4.08. The second kappa shape index (κ2) is 5.75. The van der Waals surface area contributed by atoms with E-state index in [1.54, 1.807) is 25.6 Å². The highest BCUT2D eigenvalue weighted by Gasteiger charge is 2.50. The van der Waals surface area contributed by atoms with Crippen LogP contribution in [0.25, 0.3) is 0 Å². The highest BCUT2D eigenvalue weighted by molar-refractivity contribution is 6.31. The molecule has 1 N–H and O–H groups in total. The van der Waals surface area contributed by atoms with Gasteiger partial charge in [-0.2, -0.15) is 4.90 Å². The molecule has 3 heterocycles. The Morgan fingerprint density at radius 3 is 2.61 bits per heavy atom. The number of aliphatic imine (C=N–C) groups is 1. The molecule has 0 saturated carbocycles. The molecule has 3 rings (SSSR count). The number of fused-ring (bicyclic) bond motifs is 1. The van der Waals surface area contributed by atoms with Gasteiger partial charge in [0.25, 0.3) is 11.7 Å². The van der Waals surface area contributed by atoms with Gasteiger partial charge in [-0.1, -0.05) is 0 Å². The largest absolute Gasteiger partial charge is 0.417 e. The van der Waals surface area contributed by atoms with E-state index in [0.717, 1.165) is 16.0 Å². The van der Waals surface area contributed by atoms with Crippen LogP contribution in [-0.4, -0.2) is 52.4 Å². The molecule has 0 bridgehead atoms. The molecule has 2 aliphatic heterocycles. The standard InChI is InChI=1S/C16H17N5O2/c1-10-8-19-14-12(15(22)21(3)16(23)20(14)2)13(10)18-9-11-4-6-17-7-5-11/h4-8,12H,9H2,1-3H3/p+1. The van der Waals surface area contributed by atoms with E-state index in [0.29, 0.717) is 18.1 Å². The van der Waals surface area contributed by atoms with E-state index in [4.69, 9.17) is 0 Å². The molecule has 2 aliphatic rings. The number of urea groups is 1. The van der Waals surface area contributed by atoms with E-state index in [2.05, 4.69) is 15.0 Å².